The average Bonchev–Trinajstić information content (AvgIpc) is 2.47. The van der Waals surface area contributed by atoms with Crippen molar-refractivity contribution in [2.45, 2.75) is 24.3 Å². The van der Waals surface area contributed by atoms with Crippen molar-refractivity contribution >= 4 is 11.8 Å². The molecule has 0 amide bonds. The Bertz CT molecular complexity index is 542. The molecule has 0 aliphatic carbocycles. The zero-order valence-electron chi connectivity index (χ0n) is 11.3. The van der Waals surface area contributed by atoms with Gasteiger partial charge >= 0.3 is 0 Å². The minimum atomic E-state index is 0.0688. The van der Waals surface area contributed by atoms with Gasteiger partial charge in [-0.15, -0.1) is 11.8 Å². The lowest BCUT2D eigenvalue weighted by Gasteiger charge is -2.13. The quantitative estimate of drug-likeness (QED) is 0.808. The van der Waals surface area contributed by atoms with E-state index in [0.717, 1.165) is 28.4 Å². The smallest absolute Gasteiger partial charge is 0.140 e. The van der Waals surface area contributed by atoms with Gasteiger partial charge in [0.25, 0.3) is 0 Å². The van der Waals surface area contributed by atoms with Crippen molar-refractivity contribution in [3.63, 3.8) is 0 Å². The molecular formula is C16H19NOS. The van der Waals surface area contributed by atoms with Crippen LogP contribution < -0.4 is 10.5 Å². The van der Waals surface area contributed by atoms with Crippen molar-refractivity contribution in [1.82, 2.24) is 0 Å². The molecule has 0 fully saturated rings. The van der Waals surface area contributed by atoms with Crippen LogP contribution in [0.1, 0.15) is 24.9 Å². The monoisotopic (exact) mass is 273 g/mol. The topological polar surface area (TPSA) is 35.2 Å². The Balaban J connectivity index is 2.23. The maximum Gasteiger partial charge on any atom is 0.140 e. The summed E-state index contributed by atoms with van der Waals surface area (Å²) in [5.74, 6) is 1.72. The number of benzene rings is 2. The molecule has 0 aliphatic heterocycles. The molecule has 0 saturated heterocycles. The summed E-state index contributed by atoms with van der Waals surface area (Å²) in [7, 11) is 0. The van der Waals surface area contributed by atoms with E-state index in [4.69, 9.17) is 10.5 Å². The number of thioether (sulfide) groups is 1. The summed E-state index contributed by atoms with van der Waals surface area (Å²) in [5, 5.41) is 0. The zero-order valence-corrected chi connectivity index (χ0v) is 12.1. The summed E-state index contributed by atoms with van der Waals surface area (Å²) < 4.78 is 5.96. The van der Waals surface area contributed by atoms with Crippen LogP contribution in [0.3, 0.4) is 0 Å². The Morgan fingerprint density at radius 1 is 1.16 bits per heavy atom. The summed E-state index contributed by atoms with van der Waals surface area (Å²) >= 11 is 1.68. The number of hydrogen-bond donors (Lipinski definition) is 1. The highest BCUT2D eigenvalue weighted by Crippen LogP contribution is 2.32. The molecule has 0 spiro atoms. The second-order valence-corrected chi connectivity index (χ2v) is 5.19. The van der Waals surface area contributed by atoms with Crippen molar-refractivity contribution in [1.29, 1.82) is 0 Å². The van der Waals surface area contributed by atoms with Gasteiger partial charge in [-0.1, -0.05) is 31.2 Å². The van der Waals surface area contributed by atoms with E-state index in [-0.39, 0.29) is 6.04 Å². The van der Waals surface area contributed by atoms with Crippen molar-refractivity contribution in [2.24, 2.45) is 5.73 Å². The number of para-hydroxylation sites is 1. The van der Waals surface area contributed by atoms with Crippen LogP contribution in [0.25, 0.3) is 0 Å². The van der Waals surface area contributed by atoms with Crippen LogP contribution in [0.15, 0.2) is 53.4 Å². The molecule has 3 heteroatoms. The fourth-order valence-electron chi connectivity index (χ4n) is 1.87. The SMILES string of the molecule is CCC(N)c1cccc(Oc2ccccc2SC)c1. The molecule has 19 heavy (non-hydrogen) atoms. The van der Waals surface area contributed by atoms with Gasteiger partial charge in [-0.2, -0.15) is 0 Å². The van der Waals surface area contributed by atoms with Gasteiger partial charge < -0.3 is 10.5 Å². The molecule has 0 aromatic heterocycles. The maximum absolute atomic E-state index is 6.05. The highest BCUT2D eigenvalue weighted by Gasteiger charge is 2.07. The molecule has 1 atom stereocenters. The first-order valence-corrected chi connectivity index (χ1v) is 7.63. The fourth-order valence-corrected chi connectivity index (χ4v) is 2.40. The second kappa shape index (κ2) is 6.64. The van der Waals surface area contributed by atoms with Gasteiger partial charge in [-0.3, -0.25) is 0 Å². The highest BCUT2D eigenvalue weighted by molar-refractivity contribution is 7.98. The van der Waals surface area contributed by atoms with E-state index >= 15 is 0 Å². The fraction of sp³-hybridized carbons (Fsp3) is 0.250. The van der Waals surface area contributed by atoms with Crippen LogP contribution in [0.4, 0.5) is 0 Å². The molecule has 100 valence electrons. The average molecular weight is 273 g/mol. The Kier molecular flexibility index (Phi) is 4.88. The molecule has 2 N–H and O–H groups in total. The first-order valence-electron chi connectivity index (χ1n) is 6.41. The molecule has 2 rings (SSSR count). The van der Waals surface area contributed by atoms with Crippen LogP contribution in [0, 0.1) is 0 Å². The van der Waals surface area contributed by atoms with Gasteiger partial charge in [0.1, 0.15) is 11.5 Å². The summed E-state index contributed by atoms with van der Waals surface area (Å²) in [6.45, 7) is 2.08. The van der Waals surface area contributed by atoms with E-state index in [1.165, 1.54) is 0 Å². The highest BCUT2D eigenvalue weighted by atomic mass is 32.2. The Hall–Kier alpha value is -1.45. The van der Waals surface area contributed by atoms with Gasteiger partial charge in [0, 0.05) is 10.9 Å². The molecule has 0 saturated carbocycles. The molecule has 0 heterocycles. The van der Waals surface area contributed by atoms with Crippen molar-refractivity contribution in [3.05, 3.63) is 54.1 Å². The number of nitrogens with two attached hydrogens (primary N) is 1. The molecule has 0 aliphatic rings. The van der Waals surface area contributed by atoms with Crippen molar-refractivity contribution in [3.8, 4) is 11.5 Å². The summed E-state index contributed by atoms with van der Waals surface area (Å²) in [6, 6.07) is 16.1. The molecule has 2 aromatic carbocycles. The van der Waals surface area contributed by atoms with Gasteiger partial charge in [0.15, 0.2) is 0 Å². The molecule has 0 bridgehead atoms. The number of rotatable bonds is 5. The molecule has 2 nitrogen and oxygen atoms in total. The lowest BCUT2D eigenvalue weighted by atomic mass is 10.1. The van der Waals surface area contributed by atoms with E-state index in [2.05, 4.69) is 13.0 Å². The maximum atomic E-state index is 6.05. The third-order valence-corrected chi connectivity index (χ3v) is 3.80. The van der Waals surface area contributed by atoms with Gasteiger partial charge in [-0.25, -0.2) is 0 Å². The predicted molar refractivity (Wildman–Crippen MR) is 82.0 cm³/mol. The van der Waals surface area contributed by atoms with Crippen LogP contribution >= 0.6 is 11.8 Å². The van der Waals surface area contributed by atoms with E-state index in [1.807, 2.05) is 48.7 Å². The third kappa shape index (κ3) is 3.52. The first kappa shape index (κ1) is 14.0. The largest absolute Gasteiger partial charge is 0.456 e. The zero-order chi connectivity index (χ0) is 13.7. The van der Waals surface area contributed by atoms with Crippen molar-refractivity contribution in [2.75, 3.05) is 6.26 Å². The predicted octanol–water partition coefficient (Wildman–Crippen LogP) is 4.61. The minimum Gasteiger partial charge on any atom is -0.456 e. The third-order valence-electron chi connectivity index (χ3n) is 3.02. The lowest BCUT2D eigenvalue weighted by molar-refractivity contribution is 0.469. The van der Waals surface area contributed by atoms with Crippen LogP contribution in [-0.4, -0.2) is 6.26 Å². The van der Waals surface area contributed by atoms with E-state index in [0.29, 0.717) is 0 Å². The van der Waals surface area contributed by atoms with Gasteiger partial charge in [-0.05, 0) is 42.5 Å². The first-order chi connectivity index (χ1) is 9.24. The summed E-state index contributed by atoms with van der Waals surface area (Å²) in [5.41, 5.74) is 7.17. The molecule has 2 aromatic rings. The van der Waals surface area contributed by atoms with E-state index < -0.39 is 0 Å². The number of ether oxygens (including phenoxy) is 1. The summed E-state index contributed by atoms with van der Waals surface area (Å²) in [6.07, 6.45) is 2.97. The van der Waals surface area contributed by atoms with E-state index in [9.17, 15) is 0 Å². The Morgan fingerprint density at radius 2 is 1.95 bits per heavy atom. The van der Waals surface area contributed by atoms with Gasteiger partial charge in [0.05, 0.1) is 0 Å². The molecular weight excluding hydrogens is 254 g/mol. The minimum absolute atomic E-state index is 0.0688. The van der Waals surface area contributed by atoms with Crippen LogP contribution in [0.2, 0.25) is 0 Å². The summed E-state index contributed by atoms with van der Waals surface area (Å²) in [4.78, 5) is 1.13. The Morgan fingerprint density at radius 3 is 2.68 bits per heavy atom. The van der Waals surface area contributed by atoms with E-state index in [1.54, 1.807) is 11.8 Å². The van der Waals surface area contributed by atoms with Crippen molar-refractivity contribution < 1.29 is 4.74 Å². The van der Waals surface area contributed by atoms with Crippen LogP contribution in [-0.2, 0) is 0 Å². The van der Waals surface area contributed by atoms with Crippen LogP contribution in [0.5, 0.6) is 11.5 Å². The Labute approximate surface area is 119 Å². The van der Waals surface area contributed by atoms with Gasteiger partial charge in [0.2, 0.25) is 0 Å². The molecule has 0 radical (unpaired) electrons. The molecule has 1 unspecified atom stereocenters. The normalized spacial score (nSPS) is 12.2. The standard InChI is InChI=1S/C16H19NOS/c1-3-14(17)12-7-6-8-13(11-12)18-15-9-4-5-10-16(15)19-2/h4-11,14H,3,17H2,1-2H3. The lowest BCUT2D eigenvalue weighted by Crippen LogP contribution is -2.08. The number of hydrogen-bond acceptors (Lipinski definition) is 3. The second-order valence-electron chi connectivity index (χ2n) is 4.34.